The quantitative estimate of drug-likeness (QED) is 0.623. The number of hydrogen-bond acceptors (Lipinski definition) is 7. The van der Waals surface area contributed by atoms with Crippen LogP contribution in [0, 0.1) is 6.92 Å². The van der Waals surface area contributed by atoms with Gasteiger partial charge in [-0.15, -0.1) is 10.2 Å². The molecule has 18 heavy (non-hydrogen) atoms. The summed E-state index contributed by atoms with van der Waals surface area (Å²) in [6.07, 6.45) is 0.327. The summed E-state index contributed by atoms with van der Waals surface area (Å²) in [6.45, 7) is 4.08. The minimum atomic E-state index is -0.237. The number of aromatic nitrogens is 2. The molecule has 0 N–H and O–H groups in total. The van der Waals surface area contributed by atoms with E-state index >= 15 is 0 Å². The third-order valence-corrected chi connectivity index (χ3v) is 2.40. The van der Waals surface area contributed by atoms with Gasteiger partial charge in [0, 0.05) is 27.1 Å². The molecule has 0 aromatic carbocycles. The van der Waals surface area contributed by atoms with E-state index in [-0.39, 0.29) is 5.97 Å². The van der Waals surface area contributed by atoms with Gasteiger partial charge in [0.1, 0.15) is 0 Å². The van der Waals surface area contributed by atoms with E-state index in [9.17, 15) is 4.79 Å². The number of nitrogens with zero attached hydrogens (tertiary/aromatic N) is 3. The van der Waals surface area contributed by atoms with Crippen molar-refractivity contribution < 1.29 is 18.7 Å². The highest BCUT2D eigenvalue weighted by atomic mass is 16.5. The molecule has 0 saturated carbocycles. The maximum absolute atomic E-state index is 11.1. The molecule has 0 spiro atoms. The fourth-order valence-corrected chi connectivity index (χ4v) is 1.43. The van der Waals surface area contributed by atoms with Gasteiger partial charge in [-0.1, -0.05) is 0 Å². The molecular formula is C11H19N3O4. The van der Waals surface area contributed by atoms with Gasteiger partial charge in [-0.05, 0) is 0 Å². The van der Waals surface area contributed by atoms with E-state index in [1.807, 2.05) is 4.90 Å². The van der Waals surface area contributed by atoms with Crippen molar-refractivity contribution in [3.63, 3.8) is 0 Å². The average molecular weight is 257 g/mol. The van der Waals surface area contributed by atoms with Crippen LogP contribution in [0.2, 0.25) is 0 Å². The van der Waals surface area contributed by atoms with Gasteiger partial charge in [0.05, 0.1) is 26.7 Å². The van der Waals surface area contributed by atoms with Crippen LogP contribution in [0.25, 0.3) is 0 Å². The lowest BCUT2D eigenvalue weighted by molar-refractivity contribution is -0.141. The molecule has 0 unspecified atom stereocenters. The molecule has 1 heterocycles. The zero-order valence-electron chi connectivity index (χ0n) is 11.0. The zero-order chi connectivity index (χ0) is 13.4. The Labute approximate surface area is 106 Å². The second kappa shape index (κ2) is 7.78. The molecule has 102 valence electrons. The first-order valence-corrected chi connectivity index (χ1v) is 5.72. The summed E-state index contributed by atoms with van der Waals surface area (Å²) < 4.78 is 14.9. The fourth-order valence-electron chi connectivity index (χ4n) is 1.43. The molecule has 0 amide bonds. The van der Waals surface area contributed by atoms with Crippen molar-refractivity contribution in [1.82, 2.24) is 15.1 Å². The maximum atomic E-state index is 11.1. The lowest BCUT2D eigenvalue weighted by Crippen LogP contribution is -2.29. The van der Waals surface area contributed by atoms with Crippen LogP contribution in [-0.4, -0.2) is 55.0 Å². The molecule has 7 heteroatoms. The van der Waals surface area contributed by atoms with Crippen LogP contribution in [0.3, 0.4) is 0 Å². The van der Waals surface area contributed by atoms with Crippen molar-refractivity contribution in [3.8, 4) is 0 Å². The number of rotatable bonds is 8. The van der Waals surface area contributed by atoms with Gasteiger partial charge in [0.2, 0.25) is 11.8 Å². The van der Waals surface area contributed by atoms with Crippen LogP contribution in [0.5, 0.6) is 0 Å². The van der Waals surface area contributed by atoms with Gasteiger partial charge >= 0.3 is 5.97 Å². The minimum absolute atomic E-state index is 0.237. The molecule has 0 atom stereocenters. The van der Waals surface area contributed by atoms with Crippen LogP contribution in [0.1, 0.15) is 18.2 Å². The zero-order valence-corrected chi connectivity index (χ0v) is 11.0. The maximum Gasteiger partial charge on any atom is 0.306 e. The van der Waals surface area contributed by atoms with Crippen molar-refractivity contribution in [2.45, 2.75) is 19.9 Å². The number of esters is 1. The highest BCUT2D eigenvalue weighted by Gasteiger charge is 2.12. The summed E-state index contributed by atoms with van der Waals surface area (Å²) in [5.41, 5.74) is 0. The largest absolute Gasteiger partial charge is 0.469 e. The Hall–Kier alpha value is -1.47. The Morgan fingerprint density at radius 1 is 1.33 bits per heavy atom. The molecule has 1 aromatic heterocycles. The molecule has 0 radical (unpaired) electrons. The first-order chi connectivity index (χ1) is 8.65. The van der Waals surface area contributed by atoms with Crippen molar-refractivity contribution in [3.05, 3.63) is 11.8 Å². The van der Waals surface area contributed by atoms with Gasteiger partial charge in [-0.3, -0.25) is 9.69 Å². The van der Waals surface area contributed by atoms with Gasteiger partial charge < -0.3 is 13.9 Å². The standard InChI is InChI=1S/C11H19N3O4/c1-9-12-13-10(18-9)8-14(6-7-16-2)5-4-11(15)17-3/h4-8H2,1-3H3. The molecule has 1 rings (SSSR count). The first-order valence-electron chi connectivity index (χ1n) is 5.72. The van der Waals surface area contributed by atoms with E-state index in [1.165, 1.54) is 7.11 Å². The number of aryl methyl sites for hydroxylation is 1. The summed E-state index contributed by atoms with van der Waals surface area (Å²) >= 11 is 0. The fraction of sp³-hybridized carbons (Fsp3) is 0.727. The van der Waals surface area contributed by atoms with Crippen molar-refractivity contribution in [2.24, 2.45) is 0 Å². The second-order valence-electron chi connectivity index (χ2n) is 3.81. The summed E-state index contributed by atoms with van der Waals surface area (Å²) in [5, 5.41) is 7.69. The van der Waals surface area contributed by atoms with Crippen molar-refractivity contribution in [1.29, 1.82) is 0 Å². The minimum Gasteiger partial charge on any atom is -0.469 e. The van der Waals surface area contributed by atoms with E-state index in [0.29, 0.717) is 44.4 Å². The number of carbonyl (C=O) groups is 1. The smallest absolute Gasteiger partial charge is 0.306 e. The van der Waals surface area contributed by atoms with Crippen molar-refractivity contribution >= 4 is 5.97 Å². The number of hydrogen-bond donors (Lipinski definition) is 0. The Morgan fingerprint density at radius 2 is 2.11 bits per heavy atom. The Balaban J connectivity index is 2.46. The molecule has 1 aromatic rings. The molecular weight excluding hydrogens is 238 g/mol. The lowest BCUT2D eigenvalue weighted by atomic mass is 10.3. The molecule has 0 saturated heterocycles. The van der Waals surface area contributed by atoms with Gasteiger partial charge in [-0.25, -0.2) is 0 Å². The first kappa shape index (κ1) is 14.6. The summed E-state index contributed by atoms with van der Waals surface area (Å²) in [4.78, 5) is 13.1. The SMILES string of the molecule is COCCN(CCC(=O)OC)Cc1nnc(C)o1. The highest BCUT2D eigenvalue weighted by molar-refractivity contribution is 5.69. The molecule has 0 fully saturated rings. The summed E-state index contributed by atoms with van der Waals surface area (Å²) in [7, 11) is 3.01. The molecule has 0 aliphatic carbocycles. The Bertz CT molecular complexity index is 367. The average Bonchev–Trinajstić information content (AvgIpc) is 2.77. The van der Waals surface area contributed by atoms with Gasteiger partial charge in [-0.2, -0.15) is 0 Å². The van der Waals surface area contributed by atoms with E-state index in [1.54, 1.807) is 14.0 Å². The van der Waals surface area contributed by atoms with Gasteiger partial charge in [0.25, 0.3) is 0 Å². The number of carbonyl (C=O) groups excluding carboxylic acids is 1. The van der Waals surface area contributed by atoms with Crippen molar-refractivity contribution in [2.75, 3.05) is 33.9 Å². The Kier molecular flexibility index (Phi) is 6.31. The van der Waals surface area contributed by atoms with Crippen LogP contribution in [0.15, 0.2) is 4.42 Å². The summed E-state index contributed by atoms with van der Waals surface area (Å²) in [6, 6.07) is 0. The number of ether oxygens (including phenoxy) is 2. The van der Waals surface area contributed by atoms with Crippen LogP contribution in [-0.2, 0) is 20.8 Å². The van der Waals surface area contributed by atoms with E-state index in [2.05, 4.69) is 14.9 Å². The summed E-state index contributed by atoms with van der Waals surface area (Å²) in [5.74, 6) is 0.831. The van der Waals surface area contributed by atoms with E-state index in [0.717, 1.165) is 0 Å². The topological polar surface area (TPSA) is 77.7 Å². The molecule has 0 aliphatic heterocycles. The molecule has 7 nitrogen and oxygen atoms in total. The number of methoxy groups -OCH3 is 2. The van der Waals surface area contributed by atoms with Crippen LogP contribution >= 0.6 is 0 Å². The predicted octanol–water partition coefficient (Wildman–Crippen LogP) is 0.390. The van der Waals surface area contributed by atoms with Gasteiger partial charge in [0.15, 0.2) is 0 Å². The third-order valence-electron chi connectivity index (χ3n) is 2.40. The highest BCUT2D eigenvalue weighted by Crippen LogP contribution is 2.04. The predicted molar refractivity (Wildman–Crippen MR) is 62.8 cm³/mol. The van der Waals surface area contributed by atoms with Crippen LogP contribution < -0.4 is 0 Å². The van der Waals surface area contributed by atoms with Crippen LogP contribution in [0.4, 0.5) is 0 Å². The monoisotopic (exact) mass is 257 g/mol. The van der Waals surface area contributed by atoms with E-state index in [4.69, 9.17) is 9.15 Å². The lowest BCUT2D eigenvalue weighted by Gasteiger charge is -2.19. The normalized spacial score (nSPS) is 10.9. The Morgan fingerprint density at radius 3 is 2.67 bits per heavy atom. The third kappa shape index (κ3) is 5.24. The molecule has 0 bridgehead atoms. The second-order valence-corrected chi connectivity index (χ2v) is 3.81. The van der Waals surface area contributed by atoms with E-state index < -0.39 is 0 Å². The molecule has 0 aliphatic rings.